The molecule has 4 nitrogen and oxygen atoms in total. The van der Waals surface area contributed by atoms with Gasteiger partial charge in [-0.3, -0.25) is 9.69 Å². The molecule has 0 aromatic heterocycles. The monoisotopic (exact) mass is 380 g/mol. The van der Waals surface area contributed by atoms with Gasteiger partial charge in [0.05, 0.1) is 6.04 Å². The number of carbonyl (C=O) groups is 2. The summed E-state index contributed by atoms with van der Waals surface area (Å²) in [6, 6.07) is 5.62. The Morgan fingerprint density at radius 2 is 1.96 bits per heavy atom. The molecule has 1 aliphatic heterocycles. The average molecular weight is 380 g/mol. The van der Waals surface area contributed by atoms with Crippen molar-refractivity contribution in [2.24, 2.45) is 23.2 Å². The maximum Gasteiger partial charge on any atom is 0.322 e. The van der Waals surface area contributed by atoms with Gasteiger partial charge in [-0.15, -0.1) is 0 Å². The van der Waals surface area contributed by atoms with Crippen LogP contribution in [0.2, 0.25) is 0 Å². The van der Waals surface area contributed by atoms with E-state index in [0.717, 1.165) is 42.6 Å². The lowest BCUT2D eigenvalue weighted by Gasteiger charge is -2.40. The topological polar surface area (TPSA) is 49.4 Å². The first-order chi connectivity index (χ1) is 13.5. The van der Waals surface area contributed by atoms with E-state index in [1.54, 1.807) is 23.2 Å². The minimum Gasteiger partial charge on any atom is -0.332 e. The number of amides is 2. The molecule has 4 aliphatic carbocycles. The number of hydrogen-bond acceptors (Lipinski definition) is 2. The summed E-state index contributed by atoms with van der Waals surface area (Å²) in [5.41, 5.74) is 1.35. The van der Waals surface area contributed by atoms with Gasteiger partial charge in [0, 0.05) is 18.2 Å². The van der Waals surface area contributed by atoms with Crippen molar-refractivity contribution in [1.82, 2.24) is 10.2 Å². The number of halogens is 1. The van der Waals surface area contributed by atoms with Crippen LogP contribution in [0.1, 0.15) is 56.6 Å². The molecular weight excluding hydrogens is 355 g/mol. The van der Waals surface area contributed by atoms with Crippen molar-refractivity contribution in [3.63, 3.8) is 0 Å². The van der Waals surface area contributed by atoms with E-state index in [9.17, 15) is 14.0 Å². The van der Waals surface area contributed by atoms with Crippen LogP contribution in [0.3, 0.4) is 0 Å². The van der Waals surface area contributed by atoms with E-state index in [1.807, 2.05) is 0 Å². The maximum absolute atomic E-state index is 13.3. The van der Waals surface area contributed by atoms with Crippen LogP contribution in [0.25, 0.3) is 0 Å². The zero-order valence-electron chi connectivity index (χ0n) is 15.9. The van der Waals surface area contributed by atoms with Gasteiger partial charge < -0.3 is 5.32 Å². The van der Waals surface area contributed by atoms with Gasteiger partial charge in [0.15, 0.2) is 5.78 Å². The van der Waals surface area contributed by atoms with Crippen LogP contribution in [0, 0.1) is 29.0 Å². The van der Waals surface area contributed by atoms with Crippen LogP contribution in [-0.4, -0.2) is 22.3 Å². The smallest absolute Gasteiger partial charge is 0.322 e. The number of rotatable bonds is 2. The Balaban J connectivity index is 1.25. The van der Waals surface area contributed by atoms with E-state index in [4.69, 9.17) is 0 Å². The molecule has 6 unspecified atom stereocenters. The number of urea groups is 1. The molecule has 146 valence electrons. The predicted molar refractivity (Wildman–Crippen MR) is 102 cm³/mol. The SMILES string of the molecule is O=C1C=CN(C(=O)NC23CC4CCC5(CC5C2)C4C3)C(c2ccc(F)cc2)C1. The van der Waals surface area contributed by atoms with Gasteiger partial charge in [-0.05, 0) is 85.5 Å². The van der Waals surface area contributed by atoms with E-state index < -0.39 is 0 Å². The van der Waals surface area contributed by atoms with Crippen LogP contribution >= 0.6 is 0 Å². The molecule has 0 saturated heterocycles. The molecule has 1 N–H and O–H groups in total. The third-order valence-corrected chi connectivity index (χ3v) is 8.48. The third kappa shape index (κ3) is 2.28. The molecule has 5 aliphatic rings. The quantitative estimate of drug-likeness (QED) is 0.830. The maximum atomic E-state index is 13.3. The second-order valence-corrected chi connectivity index (χ2v) is 9.82. The summed E-state index contributed by atoms with van der Waals surface area (Å²) in [4.78, 5) is 27.0. The van der Waals surface area contributed by atoms with E-state index in [2.05, 4.69) is 5.32 Å². The standard InChI is InChI=1S/C23H25FN2O2/c24-17-3-1-14(2-4-17)20-9-18(27)6-8-26(20)21(28)25-22-10-15-5-7-23(19(15)13-22)12-16(23)11-22/h1-4,6,8,15-16,19-20H,5,7,9-13H2,(H,25,28). The number of benzene rings is 1. The normalized spacial score (nSPS) is 42.5. The molecular formula is C23H25FN2O2. The highest BCUT2D eigenvalue weighted by molar-refractivity contribution is 5.93. The Kier molecular flexibility index (Phi) is 3.27. The van der Waals surface area contributed by atoms with Crippen molar-refractivity contribution >= 4 is 11.8 Å². The van der Waals surface area contributed by atoms with Gasteiger partial charge in [0.25, 0.3) is 0 Å². The molecule has 5 heteroatoms. The Hall–Kier alpha value is -2.17. The molecule has 28 heavy (non-hydrogen) atoms. The molecule has 1 aromatic carbocycles. The Morgan fingerprint density at radius 1 is 1.14 bits per heavy atom. The molecule has 0 radical (unpaired) electrons. The van der Waals surface area contributed by atoms with Crippen molar-refractivity contribution in [2.45, 2.75) is 56.5 Å². The number of carbonyl (C=O) groups excluding carboxylic acids is 2. The predicted octanol–water partition coefficient (Wildman–Crippen LogP) is 4.33. The molecule has 1 spiro atoms. The van der Waals surface area contributed by atoms with Gasteiger partial charge in [-0.2, -0.15) is 0 Å². The van der Waals surface area contributed by atoms with Crippen molar-refractivity contribution in [3.8, 4) is 0 Å². The fraction of sp³-hybridized carbons (Fsp3) is 0.565. The van der Waals surface area contributed by atoms with Crippen molar-refractivity contribution < 1.29 is 14.0 Å². The zero-order valence-corrected chi connectivity index (χ0v) is 15.9. The second kappa shape index (κ2) is 5.46. The van der Waals surface area contributed by atoms with Gasteiger partial charge in [0.1, 0.15) is 5.82 Å². The average Bonchev–Trinajstić information content (AvgIpc) is 3.12. The minimum absolute atomic E-state index is 0.00707. The Labute approximate surface area is 164 Å². The van der Waals surface area contributed by atoms with Gasteiger partial charge in [-0.25, -0.2) is 9.18 Å². The van der Waals surface area contributed by atoms with Gasteiger partial charge in [0.2, 0.25) is 0 Å². The van der Waals surface area contributed by atoms with Crippen LogP contribution in [0.15, 0.2) is 36.5 Å². The molecule has 6 rings (SSSR count). The number of fused-ring (bicyclic) bond motifs is 1. The zero-order chi connectivity index (χ0) is 19.1. The summed E-state index contributed by atoms with van der Waals surface area (Å²) in [5, 5.41) is 3.41. The van der Waals surface area contributed by atoms with Crippen LogP contribution < -0.4 is 5.32 Å². The largest absolute Gasteiger partial charge is 0.332 e. The highest BCUT2D eigenvalue weighted by Gasteiger charge is 2.72. The van der Waals surface area contributed by atoms with Crippen LogP contribution in [0.4, 0.5) is 9.18 Å². The van der Waals surface area contributed by atoms with Crippen molar-refractivity contribution in [1.29, 1.82) is 0 Å². The third-order valence-electron chi connectivity index (χ3n) is 8.48. The van der Waals surface area contributed by atoms with Gasteiger partial charge in [-0.1, -0.05) is 12.1 Å². The molecule has 2 amide bonds. The summed E-state index contributed by atoms with van der Waals surface area (Å²) in [7, 11) is 0. The molecule has 4 fully saturated rings. The van der Waals surface area contributed by atoms with E-state index >= 15 is 0 Å². The Morgan fingerprint density at radius 3 is 2.79 bits per heavy atom. The van der Waals surface area contributed by atoms with Crippen LogP contribution in [0.5, 0.6) is 0 Å². The number of nitrogens with zero attached hydrogens (tertiary/aromatic N) is 1. The number of nitrogens with one attached hydrogen (secondary N) is 1. The fourth-order valence-corrected chi connectivity index (χ4v) is 7.25. The molecule has 1 heterocycles. The summed E-state index contributed by atoms with van der Waals surface area (Å²) >= 11 is 0. The summed E-state index contributed by atoms with van der Waals surface area (Å²) in [6.07, 6.45) is 10.8. The van der Waals surface area contributed by atoms with Crippen molar-refractivity contribution in [3.05, 3.63) is 47.9 Å². The van der Waals surface area contributed by atoms with Crippen molar-refractivity contribution in [2.75, 3.05) is 0 Å². The number of hydrogen-bond donors (Lipinski definition) is 1. The highest BCUT2D eigenvalue weighted by Crippen LogP contribution is 2.77. The first-order valence-corrected chi connectivity index (χ1v) is 10.6. The van der Waals surface area contributed by atoms with E-state index in [0.29, 0.717) is 5.41 Å². The van der Waals surface area contributed by atoms with Gasteiger partial charge >= 0.3 is 6.03 Å². The first-order valence-electron chi connectivity index (χ1n) is 10.6. The second-order valence-electron chi connectivity index (χ2n) is 9.82. The lowest BCUT2D eigenvalue weighted by molar-refractivity contribution is -0.116. The highest BCUT2D eigenvalue weighted by atomic mass is 19.1. The van der Waals surface area contributed by atoms with Crippen LogP contribution in [-0.2, 0) is 4.79 Å². The molecule has 1 aromatic rings. The fourth-order valence-electron chi connectivity index (χ4n) is 7.25. The summed E-state index contributed by atoms with van der Waals surface area (Å²) < 4.78 is 13.3. The van der Waals surface area contributed by atoms with E-state index in [-0.39, 0.29) is 35.6 Å². The minimum atomic E-state index is -0.376. The number of ketones is 1. The molecule has 2 bridgehead atoms. The lowest BCUT2D eigenvalue weighted by Crippen LogP contribution is -2.54. The molecule has 6 atom stereocenters. The number of allylic oxidation sites excluding steroid dienone is 1. The molecule has 4 saturated carbocycles. The lowest BCUT2D eigenvalue weighted by atomic mass is 9.76. The van der Waals surface area contributed by atoms with E-state index in [1.165, 1.54) is 37.5 Å². The summed E-state index contributed by atoms with van der Waals surface area (Å²) in [6.45, 7) is 0. The Bertz CT molecular complexity index is 892. The first kappa shape index (κ1) is 16.8. The summed E-state index contributed by atoms with van der Waals surface area (Å²) in [5.74, 6) is 2.05.